The van der Waals surface area contributed by atoms with Crippen LogP contribution in [0, 0.1) is 0 Å². The lowest BCUT2D eigenvalue weighted by Crippen LogP contribution is -2.46. The van der Waals surface area contributed by atoms with Crippen molar-refractivity contribution in [3.8, 4) is 5.88 Å². The third-order valence-electron chi connectivity index (χ3n) is 5.23. The van der Waals surface area contributed by atoms with Crippen LogP contribution in [-0.2, 0) is 4.74 Å². The second-order valence-corrected chi connectivity index (χ2v) is 7.32. The molecule has 2 aromatic heterocycles. The zero-order valence-electron chi connectivity index (χ0n) is 17.2. The first kappa shape index (κ1) is 21.0. The molecule has 31 heavy (non-hydrogen) atoms. The van der Waals surface area contributed by atoms with Gasteiger partial charge in [0.15, 0.2) is 0 Å². The maximum atomic E-state index is 12.7. The van der Waals surface area contributed by atoms with Crippen molar-refractivity contribution in [2.45, 2.75) is 12.1 Å². The number of H-pyrrole nitrogens is 1. The number of β-amino-alcohol motifs (C(OH)–C–C–N with tert-alkyl or cyclic N) is 1. The third-order valence-corrected chi connectivity index (χ3v) is 5.23. The van der Waals surface area contributed by atoms with E-state index in [-0.39, 0.29) is 0 Å². The molecule has 1 aliphatic rings. The summed E-state index contributed by atoms with van der Waals surface area (Å²) in [5.74, 6) is 0.791. The Morgan fingerprint density at radius 1 is 1.32 bits per heavy atom. The molecule has 0 aliphatic carbocycles. The molecule has 2 amide bonds. The molecule has 4 rings (SSSR count). The van der Waals surface area contributed by atoms with Crippen LogP contribution in [0.25, 0.3) is 10.9 Å². The van der Waals surface area contributed by atoms with E-state index in [0.717, 1.165) is 24.0 Å². The Hall–Kier alpha value is -3.21. The van der Waals surface area contributed by atoms with Gasteiger partial charge in [-0.2, -0.15) is 0 Å². The van der Waals surface area contributed by atoms with Crippen molar-refractivity contribution in [1.29, 1.82) is 0 Å². The topological polar surface area (TPSA) is 125 Å². The van der Waals surface area contributed by atoms with Gasteiger partial charge in [-0.05, 0) is 5.56 Å². The minimum atomic E-state index is -0.793. The fourth-order valence-electron chi connectivity index (χ4n) is 3.62. The summed E-state index contributed by atoms with van der Waals surface area (Å²) in [6, 6.07) is 10.0. The van der Waals surface area contributed by atoms with Crippen molar-refractivity contribution in [2.24, 2.45) is 0 Å². The average Bonchev–Trinajstić information content (AvgIpc) is 3.21. The Morgan fingerprint density at radius 2 is 2.10 bits per heavy atom. The number of nitrogens with zero attached hydrogens (tertiary/aromatic N) is 3. The molecule has 0 radical (unpaired) electrons. The normalized spacial score (nSPS) is 16.6. The van der Waals surface area contributed by atoms with Crippen LogP contribution in [0.2, 0.25) is 0 Å². The Labute approximate surface area is 179 Å². The molecule has 1 saturated heterocycles. The first-order chi connectivity index (χ1) is 15.1. The number of aromatic amines is 1. The van der Waals surface area contributed by atoms with Crippen LogP contribution >= 0.6 is 0 Å². The Balaban J connectivity index is 1.46. The molecule has 1 fully saturated rings. The number of methoxy groups -OCH3 is 1. The highest BCUT2D eigenvalue weighted by molar-refractivity contribution is 5.92. The first-order valence-corrected chi connectivity index (χ1v) is 10.1. The number of amides is 2. The van der Waals surface area contributed by atoms with E-state index in [0.29, 0.717) is 37.0 Å². The van der Waals surface area contributed by atoms with Gasteiger partial charge in [-0.1, -0.05) is 30.3 Å². The standard InChI is InChI=1S/C21H26N6O4/c1-30-20-15-12-22-18(11-16(15)25-26-20)23-21(29)24-19(14-5-3-2-4-6-14)17(28)13-27-7-9-31-10-8-27/h2-6,11-12,17,19,28H,7-10,13H2,1H3,(H,25,26)(H2,22,23,24,29)/t17-,19-/m0/s1. The number of hydrogen-bond acceptors (Lipinski definition) is 7. The second kappa shape index (κ2) is 9.73. The number of pyridine rings is 1. The predicted molar refractivity (Wildman–Crippen MR) is 115 cm³/mol. The smallest absolute Gasteiger partial charge is 0.320 e. The summed E-state index contributed by atoms with van der Waals surface area (Å²) in [6.07, 6.45) is 0.786. The van der Waals surface area contributed by atoms with Gasteiger partial charge in [0, 0.05) is 31.9 Å². The van der Waals surface area contributed by atoms with Crippen molar-refractivity contribution < 1.29 is 19.4 Å². The molecule has 10 heteroatoms. The quantitative estimate of drug-likeness (QED) is 0.451. The molecule has 3 heterocycles. The molecule has 4 N–H and O–H groups in total. The number of ether oxygens (including phenoxy) is 2. The molecule has 3 aromatic rings. The fraction of sp³-hybridized carbons (Fsp3) is 0.381. The van der Waals surface area contributed by atoms with E-state index in [4.69, 9.17) is 9.47 Å². The van der Waals surface area contributed by atoms with Crippen LogP contribution in [0.5, 0.6) is 5.88 Å². The fourth-order valence-corrected chi connectivity index (χ4v) is 3.62. The lowest BCUT2D eigenvalue weighted by atomic mass is 10.0. The molecule has 1 aromatic carbocycles. The summed E-state index contributed by atoms with van der Waals surface area (Å²) in [6.45, 7) is 3.22. The van der Waals surface area contributed by atoms with Crippen LogP contribution in [0.3, 0.4) is 0 Å². The number of aliphatic hydroxyl groups is 1. The molecule has 0 bridgehead atoms. The molecule has 10 nitrogen and oxygen atoms in total. The van der Waals surface area contributed by atoms with E-state index in [2.05, 4.69) is 30.7 Å². The van der Waals surface area contributed by atoms with Gasteiger partial charge in [0.25, 0.3) is 0 Å². The number of fused-ring (bicyclic) bond motifs is 1. The number of aliphatic hydroxyl groups excluding tert-OH is 1. The van der Waals surface area contributed by atoms with Crippen molar-refractivity contribution >= 4 is 22.8 Å². The summed E-state index contributed by atoms with van der Waals surface area (Å²) < 4.78 is 10.5. The third kappa shape index (κ3) is 5.10. The van der Waals surface area contributed by atoms with Crippen LogP contribution in [0.1, 0.15) is 11.6 Å². The van der Waals surface area contributed by atoms with E-state index < -0.39 is 18.2 Å². The lowest BCUT2D eigenvalue weighted by molar-refractivity contribution is 0.00731. The average molecular weight is 426 g/mol. The number of morpholine rings is 1. The number of rotatable bonds is 7. The highest BCUT2D eigenvalue weighted by Crippen LogP contribution is 2.23. The molecule has 0 unspecified atom stereocenters. The maximum absolute atomic E-state index is 12.7. The highest BCUT2D eigenvalue weighted by atomic mass is 16.5. The van der Waals surface area contributed by atoms with E-state index in [1.165, 1.54) is 7.11 Å². The SMILES string of the molecule is COc1n[nH]c2cc(NC(=O)N[C@@H](c3ccccc3)[C@@H](O)CN3CCOCC3)ncc12. The van der Waals surface area contributed by atoms with Crippen molar-refractivity contribution in [3.63, 3.8) is 0 Å². The number of nitrogens with one attached hydrogen (secondary N) is 3. The van der Waals surface area contributed by atoms with Gasteiger partial charge in [-0.25, -0.2) is 9.78 Å². The number of hydrogen-bond donors (Lipinski definition) is 4. The Morgan fingerprint density at radius 3 is 2.84 bits per heavy atom. The number of carbonyl (C=O) groups is 1. The summed E-state index contributed by atoms with van der Waals surface area (Å²) >= 11 is 0. The minimum Gasteiger partial charge on any atom is -0.479 e. The van der Waals surface area contributed by atoms with Gasteiger partial charge in [0.2, 0.25) is 5.88 Å². The first-order valence-electron chi connectivity index (χ1n) is 10.1. The van der Waals surface area contributed by atoms with Crippen molar-refractivity contribution in [2.75, 3.05) is 45.3 Å². The zero-order chi connectivity index (χ0) is 21.6. The van der Waals surface area contributed by atoms with Crippen LogP contribution in [0.15, 0.2) is 42.6 Å². The van der Waals surface area contributed by atoms with E-state index in [1.807, 2.05) is 30.3 Å². The molecule has 0 spiro atoms. The number of carbonyl (C=O) groups excluding carboxylic acids is 1. The number of benzene rings is 1. The predicted octanol–water partition coefficient (Wildman–Crippen LogP) is 1.52. The summed E-state index contributed by atoms with van der Waals surface area (Å²) in [4.78, 5) is 19.1. The minimum absolute atomic E-state index is 0.353. The van der Waals surface area contributed by atoms with E-state index in [9.17, 15) is 9.90 Å². The van der Waals surface area contributed by atoms with Crippen LogP contribution < -0.4 is 15.4 Å². The van der Waals surface area contributed by atoms with E-state index >= 15 is 0 Å². The maximum Gasteiger partial charge on any atom is 0.320 e. The van der Waals surface area contributed by atoms with Gasteiger partial charge in [0.05, 0.1) is 43.4 Å². The Kier molecular flexibility index (Phi) is 6.60. The number of aromatic nitrogens is 3. The van der Waals surface area contributed by atoms with Crippen molar-refractivity contribution in [1.82, 2.24) is 25.4 Å². The van der Waals surface area contributed by atoms with Gasteiger partial charge < -0.3 is 19.9 Å². The van der Waals surface area contributed by atoms with Gasteiger partial charge >= 0.3 is 6.03 Å². The number of anilines is 1. The van der Waals surface area contributed by atoms with Crippen LogP contribution in [0.4, 0.5) is 10.6 Å². The zero-order valence-corrected chi connectivity index (χ0v) is 17.2. The number of urea groups is 1. The van der Waals surface area contributed by atoms with Crippen LogP contribution in [-0.4, -0.2) is 77.3 Å². The van der Waals surface area contributed by atoms with E-state index in [1.54, 1.807) is 12.3 Å². The molecule has 2 atom stereocenters. The molecule has 164 valence electrons. The largest absolute Gasteiger partial charge is 0.479 e. The molecule has 0 saturated carbocycles. The lowest BCUT2D eigenvalue weighted by Gasteiger charge is -2.32. The van der Waals surface area contributed by atoms with Gasteiger partial charge in [-0.3, -0.25) is 15.3 Å². The Bertz CT molecular complexity index is 1010. The monoisotopic (exact) mass is 426 g/mol. The second-order valence-electron chi connectivity index (χ2n) is 7.32. The summed E-state index contributed by atoms with van der Waals surface area (Å²) in [5.41, 5.74) is 1.51. The van der Waals surface area contributed by atoms with Gasteiger partial charge in [-0.15, -0.1) is 5.10 Å². The molecular weight excluding hydrogens is 400 g/mol. The highest BCUT2D eigenvalue weighted by Gasteiger charge is 2.26. The molecular formula is C21H26N6O4. The molecule has 1 aliphatic heterocycles. The van der Waals surface area contributed by atoms with Gasteiger partial charge in [0.1, 0.15) is 5.82 Å². The summed E-state index contributed by atoms with van der Waals surface area (Å²) in [5, 5.41) is 24.1. The summed E-state index contributed by atoms with van der Waals surface area (Å²) in [7, 11) is 1.53. The van der Waals surface area contributed by atoms with Crippen molar-refractivity contribution in [3.05, 3.63) is 48.2 Å².